The first-order valence-electron chi connectivity index (χ1n) is 3.32. The van der Waals surface area contributed by atoms with Crippen LogP contribution in [0.5, 0.6) is 0 Å². The number of rotatable bonds is 5. The van der Waals surface area contributed by atoms with E-state index in [2.05, 4.69) is 13.2 Å². The minimum Gasteiger partial charge on any atom is -0.389 e. The molecule has 0 amide bonds. The average molecular weight is 142 g/mol. The summed E-state index contributed by atoms with van der Waals surface area (Å²) in [5, 5.41) is 17.9. The molecule has 0 aliphatic carbocycles. The SMILES string of the molecule is C=C[C@@H](O)CC[C@@H](O)C=C. The van der Waals surface area contributed by atoms with E-state index in [0.717, 1.165) is 0 Å². The van der Waals surface area contributed by atoms with Gasteiger partial charge < -0.3 is 10.2 Å². The zero-order valence-electron chi connectivity index (χ0n) is 6.03. The average Bonchev–Trinajstić information content (AvgIpc) is 1.99. The molecule has 2 atom stereocenters. The fraction of sp³-hybridized carbons (Fsp3) is 0.500. The lowest BCUT2D eigenvalue weighted by Gasteiger charge is -2.06. The summed E-state index contributed by atoms with van der Waals surface area (Å²) < 4.78 is 0. The number of hydrogen-bond acceptors (Lipinski definition) is 2. The Morgan fingerprint density at radius 1 is 1.00 bits per heavy atom. The smallest absolute Gasteiger partial charge is 0.0719 e. The molecule has 0 aliphatic heterocycles. The van der Waals surface area contributed by atoms with E-state index in [0.29, 0.717) is 12.8 Å². The zero-order valence-corrected chi connectivity index (χ0v) is 6.03. The van der Waals surface area contributed by atoms with Gasteiger partial charge in [0.1, 0.15) is 0 Å². The van der Waals surface area contributed by atoms with Crippen molar-refractivity contribution in [3.8, 4) is 0 Å². The van der Waals surface area contributed by atoms with Crippen LogP contribution in [0.15, 0.2) is 25.3 Å². The molecular formula is C8H14O2. The monoisotopic (exact) mass is 142 g/mol. The lowest BCUT2D eigenvalue weighted by Crippen LogP contribution is -2.08. The van der Waals surface area contributed by atoms with Crippen LogP contribution in [0.3, 0.4) is 0 Å². The third-order valence-corrected chi connectivity index (χ3v) is 1.30. The molecule has 0 heterocycles. The van der Waals surface area contributed by atoms with Gasteiger partial charge in [-0.25, -0.2) is 0 Å². The summed E-state index contributed by atoms with van der Waals surface area (Å²) in [4.78, 5) is 0. The first-order valence-corrected chi connectivity index (χ1v) is 3.32. The van der Waals surface area contributed by atoms with Crippen molar-refractivity contribution in [2.45, 2.75) is 25.0 Å². The molecule has 0 rings (SSSR count). The van der Waals surface area contributed by atoms with Gasteiger partial charge >= 0.3 is 0 Å². The lowest BCUT2D eigenvalue weighted by atomic mass is 10.1. The van der Waals surface area contributed by atoms with E-state index >= 15 is 0 Å². The normalized spacial score (nSPS) is 15.8. The van der Waals surface area contributed by atoms with Gasteiger partial charge in [-0.1, -0.05) is 12.2 Å². The largest absolute Gasteiger partial charge is 0.389 e. The highest BCUT2D eigenvalue weighted by molar-refractivity contribution is 4.83. The summed E-state index contributed by atoms with van der Waals surface area (Å²) in [5.74, 6) is 0. The fourth-order valence-corrected chi connectivity index (χ4v) is 0.577. The van der Waals surface area contributed by atoms with E-state index in [1.165, 1.54) is 12.2 Å². The van der Waals surface area contributed by atoms with Gasteiger partial charge in [0.25, 0.3) is 0 Å². The highest BCUT2D eigenvalue weighted by atomic mass is 16.3. The van der Waals surface area contributed by atoms with Crippen molar-refractivity contribution in [2.75, 3.05) is 0 Å². The third kappa shape index (κ3) is 4.30. The Labute approximate surface area is 61.5 Å². The molecule has 0 unspecified atom stereocenters. The Bertz CT molecular complexity index is 95.8. The van der Waals surface area contributed by atoms with Crippen molar-refractivity contribution in [2.24, 2.45) is 0 Å². The van der Waals surface area contributed by atoms with Gasteiger partial charge in [-0.2, -0.15) is 0 Å². The van der Waals surface area contributed by atoms with Crippen molar-refractivity contribution in [3.63, 3.8) is 0 Å². The molecule has 0 bridgehead atoms. The second-order valence-electron chi connectivity index (χ2n) is 2.18. The molecule has 0 radical (unpaired) electrons. The summed E-state index contributed by atoms with van der Waals surface area (Å²) in [5.41, 5.74) is 0. The molecular weight excluding hydrogens is 128 g/mol. The highest BCUT2D eigenvalue weighted by Crippen LogP contribution is 2.02. The molecule has 0 aromatic rings. The molecule has 2 heteroatoms. The molecule has 2 N–H and O–H groups in total. The van der Waals surface area contributed by atoms with Gasteiger partial charge in [0.15, 0.2) is 0 Å². The Morgan fingerprint density at radius 2 is 1.30 bits per heavy atom. The maximum atomic E-state index is 8.94. The van der Waals surface area contributed by atoms with E-state index in [1.807, 2.05) is 0 Å². The molecule has 10 heavy (non-hydrogen) atoms. The van der Waals surface area contributed by atoms with E-state index in [9.17, 15) is 0 Å². The topological polar surface area (TPSA) is 40.5 Å². The number of aliphatic hydroxyl groups is 2. The van der Waals surface area contributed by atoms with Crippen molar-refractivity contribution in [1.29, 1.82) is 0 Å². The Morgan fingerprint density at radius 3 is 1.50 bits per heavy atom. The van der Waals surface area contributed by atoms with E-state index in [-0.39, 0.29) is 0 Å². The molecule has 0 aliphatic rings. The van der Waals surface area contributed by atoms with Gasteiger partial charge in [0.05, 0.1) is 12.2 Å². The Balaban J connectivity index is 3.34. The summed E-state index contributed by atoms with van der Waals surface area (Å²) in [6.45, 7) is 6.81. The minimum absolute atomic E-state index is 0.505. The maximum absolute atomic E-state index is 8.94. The molecule has 0 saturated carbocycles. The van der Waals surface area contributed by atoms with Crippen LogP contribution in [0.4, 0.5) is 0 Å². The molecule has 0 fully saturated rings. The number of hydrogen-bond donors (Lipinski definition) is 2. The quantitative estimate of drug-likeness (QED) is 0.559. The van der Waals surface area contributed by atoms with E-state index < -0.39 is 12.2 Å². The Hall–Kier alpha value is -0.600. The molecule has 58 valence electrons. The molecule has 0 aromatic heterocycles. The zero-order chi connectivity index (χ0) is 7.98. The van der Waals surface area contributed by atoms with Crippen LogP contribution < -0.4 is 0 Å². The standard InChI is InChI=1S/C8H14O2/c1-3-7(9)5-6-8(10)4-2/h3-4,7-10H,1-2,5-6H2/t7-,8+. The predicted octanol–water partition coefficient (Wildman–Crippen LogP) is 0.860. The molecule has 2 nitrogen and oxygen atoms in total. The van der Waals surface area contributed by atoms with Crippen molar-refractivity contribution in [3.05, 3.63) is 25.3 Å². The van der Waals surface area contributed by atoms with E-state index in [1.54, 1.807) is 0 Å². The van der Waals surface area contributed by atoms with Crippen LogP contribution in [-0.4, -0.2) is 22.4 Å². The maximum Gasteiger partial charge on any atom is 0.0719 e. The molecule has 0 spiro atoms. The van der Waals surface area contributed by atoms with Gasteiger partial charge in [0, 0.05) is 0 Å². The minimum atomic E-state index is -0.505. The van der Waals surface area contributed by atoms with Crippen LogP contribution in [0.1, 0.15) is 12.8 Å². The molecule has 0 aromatic carbocycles. The highest BCUT2D eigenvalue weighted by Gasteiger charge is 2.01. The van der Waals surface area contributed by atoms with Gasteiger partial charge in [0.2, 0.25) is 0 Å². The van der Waals surface area contributed by atoms with E-state index in [4.69, 9.17) is 10.2 Å². The van der Waals surface area contributed by atoms with Crippen molar-refractivity contribution in [1.82, 2.24) is 0 Å². The summed E-state index contributed by atoms with van der Waals surface area (Å²) >= 11 is 0. The van der Waals surface area contributed by atoms with Crippen molar-refractivity contribution >= 4 is 0 Å². The van der Waals surface area contributed by atoms with Gasteiger partial charge in [-0.15, -0.1) is 13.2 Å². The summed E-state index contributed by atoms with van der Waals surface area (Å²) in [6.07, 6.45) is 2.98. The first-order chi connectivity index (χ1) is 4.70. The Kier molecular flexibility index (Phi) is 4.89. The summed E-state index contributed by atoms with van der Waals surface area (Å²) in [7, 11) is 0. The third-order valence-electron chi connectivity index (χ3n) is 1.30. The van der Waals surface area contributed by atoms with Crippen LogP contribution in [0.25, 0.3) is 0 Å². The predicted molar refractivity (Wildman–Crippen MR) is 41.6 cm³/mol. The fourth-order valence-electron chi connectivity index (χ4n) is 0.577. The van der Waals surface area contributed by atoms with Gasteiger partial charge in [-0.05, 0) is 12.8 Å². The number of aliphatic hydroxyl groups excluding tert-OH is 2. The lowest BCUT2D eigenvalue weighted by molar-refractivity contribution is 0.162. The van der Waals surface area contributed by atoms with Crippen LogP contribution >= 0.6 is 0 Å². The van der Waals surface area contributed by atoms with Crippen LogP contribution in [0, 0.1) is 0 Å². The van der Waals surface area contributed by atoms with Crippen LogP contribution in [0.2, 0.25) is 0 Å². The van der Waals surface area contributed by atoms with Gasteiger partial charge in [-0.3, -0.25) is 0 Å². The molecule has 0 saturated heterocycles. The second kappa shape index (κ2) is 5.21. The van der Waals surface area contributed by atoms with Crippen LogP contribution in [-0.2, 0) is 0 Å². The summed E-state index contributed by atoms with van der Waals surface area (Å²) in [6, 6.07) is 0. The first kappa shape index (κ1) is 9.40. The second-order valence-corrected chi connectivity index (χ2v) is 2.18. The van der Waals surface area contributed by atoms with Crippen molar-refractivity contribution < 1.29 is 10.2 Å².